The molecule has 2 aromatic rings. The van der Waals surface area contributed by atoms with Crippen LogP contribution in [0, 0.1) is 5.82 Å². The van der Waals surface area contributed by atoms with E-state index in [1.54, 1.807) is 11.4 Å². The van der Waals surface area contributed by atoms with Crippen LogP contribution in [0.5, 0.6) is 5.75 Å². The van der Waals surface area contributed by atoms with Crippen molar-refractivity contribution in [2.75, 3.05) is 12.4 Å². The fourth-order valence-electron chi connectivity index (χ4n) is 1.60. The fourth-order valence-corrected chi connectivity index (χ4v) is 2.51. The molecule has 1 aromatic heterocycles. The smallest absolute Gasteiger partial charge is 0.269 e. The van der Waals surface area contributed by atoms with Crippen LogP contribution in [0.25, 0.3) is 0 Å². The SMILES string of the molecule is COc1ccsc1C(=O)Nc1ccc(F)c(C(N)=S)c1. The molecule has 0 aliphatic heterocycles. The van der Waals surface area contributed by atoms with Crippen LogP contribution in [0.2, 0.25) is 0 Å². The molecule has 0 spiro atoms. The molecule has 104 valence electrons. The predicted octanol–water partition coefficient (Wildman–Crippen LogP) is 2.78. The summed E-state index contributed by atoms with van der Waals surface area (Å²) in [7, 11) is 1.49. The van der Waals surface area contributed by atoms with Crippen LogP contribution in [0.4, 0.5) is 10.1 Å². The molecule has 0 saturated heterocycles. The predicted molar refractivity (Wildman–Crippen MR) is 81.1 cm³/mol. The molecule has 0 bridgehead atoms. The number of ether oxygens (including phenoxy) is 1. The number of amides is 1. The van der Waals surface area contributed by atoms with E-state index in [-0.39, 0.29) is 16.5 Å². The minimum atomic E-state index is -0.524. The molecular weight excluding hydrogens is 299 g/mol. The fraction of sp³-hybridized carbons (Fsp3) is 0.0769. The van der Waals surface area contributed by atoms with Crippen molar-refractivity contribution in [1.29, 1.82) is 0 Å². The molecule has 0 unspecified atom stereocenters. The molecule has 0 aliphatic rings. The van der Waals surface area contributed by atoms with Gasteiger partial charge in [-0.2, -0.15) is 0 Å². The Morgan fingerprint density at radius 2 is 2.20 bits per heavy atom. The van der Waals surface area contributed by atoms with Crippen LogP contribution in [0.15, 0.2) is 29.6 Å². The van der Waals surface area contributed by atoms with Gasteiger partial charge in [0, 0.05) is 11.3 Å². The van der Waals surface area contributed by atoms with E-state index in [0.717, 1.165) is 0 Å². The number of anilines is 1. The minimum absolute atomic E-state index is 0.0627. The maximum Gasteiger partial charge on any atom is 0.269 e. The normalized spacial score (nSPS) is 10.1. The van der Waals surface area contributed by atoms with Gasteiger partial charge in [0.15, 0.2) is 0 Å². The third-order valence-electron chi connectivity index (χ3n) is 2.54. The van der Waals surface area contributed by atoms with E-state index >= 15 is 0 Å². The van der Waals surface area contributed by atoms with Crippen LogP contribution in [-0.2, 0) is 0 Å². The zero-order valence-electron chi connectivity index (χ0n) is 10.5. The summed E-state index contributed by atoms with van der Waals surface area (Å²) in [6.45, 7) is 0. The van der Waals surface area contributed by atoms with Gasteiger partial charge in [-0.1, -0.05) is 12.2 Å². The van der Waals surface area contributed by atoms with Gasteiger partial charge in [0.05, 0.1) is 7.11 Å². The Morgan fingerprint density at radius 1 is 1.45 bits per heavy atom. The summed E-state index contributed by atoms with van der Waals surface area (Å²) in [5.41, 5.74) is 5.92. The zero-order chi connectivity index (χ0) is 14.7. The number of hydrogen-bond donors (Lipinski definition) is 2. The summed E-state index contributed by atoms with van der Waals surface area (Å²) in [6, 6.07) is 5.74. The number of thiocarbonyl (C=S) groups is 1. The molecule has 1 heterocycles. The zero-order valence-corrected chi connectivity index (χ0v) is 12.1. The third-order valence-corrected chi connectivity index (χ3v) is 3.66. The standard InChI is InChI=1S/C13H11FN2O2S2/c1-18-10-4-5-20-11(10)13(17)16-7-2-3-9(14)8(6-7)12(15)19/h2-6H,1H3,(H2,15,19)(H,16,17). The molecule has 0 fully saturated rings. The average molecular weight is 310 g/mol. The average Bonchev–Trinajstić information content (AvgIpc) is 2.89. The van der Waals surface area contributed by atoms with Gasteiger partial charge in [-0.05, 0) is 29.6 Å². The van der Waals surface area contributed by atoms with Crippen molar-refractivity contribution in [1.82, 2.24) is 0 Å². The maximum absolute atomic E-state index is 13.5. The van der Waals surface area contributed by atoms with Crippen molar-refractivity contribution < 1.29 is 13.9 Å². The first-order chi connectivity index (χ1) is 9.52. The van der Waals surface area contributed by atoms with Gasteiger partial charge < -0.3 is 15.8 Å². The van der Waals surface area contributed by atoms with E-state index in [2.05, 4.69) is 5.32 Å². The Labute approximate surface area is 124 Å². The van der Waals surface area contributed by atoms with Crippen molar-refractivity contribution in [3.8, 4) is 5.75 Å². The van der Waals surface area contributed by atoms with Gasteiger partial charge in [0.25, 0.3) is 5.91 Å². The highest BCUT2D eigenvalue weighted by atomic mass is 32.1. The largest absolute Gasteiger partial charge is 0.495 e. The van der Waals surface area contributed by atoms with Crippen LogP contribution in [0.1, 0.15) is 15.2 Å². The summed E-state index contributed by atoms with van der Waals surface area (Å²) in [5, 5.41) is 4.40. The highest BCUT2D eigenvalue weighted by molar-refractivity contribution is 7.80. The molecule has 1 aromatic carbocycles. The molecular formula is C13H11FN2O2S2. The van der Waals surface area contributed by atoms with Crippen LogP contribution >= 0.6 is 23.6 Å². The van der Waals surface area contributed by atoms with E-state index in [4.69, 9.17) is 22.7 Å². The second-order valence-corrected chi connectivity index (χ2v) is 5.19. The molecule has 1 amide bonds. The number of thiophene rings is 1. The van der Waals surface area contributed by atoms with Crippen molar-refractivity contribution in [2.45, 2.75) is 0 Å². The molecule has 0 radical (unpaired) electrons. The van der Waals surface area contributed by atoms with E-state index in [1.165, 1.54) is 36.6 Å². The quantitative estimate of drug-likeness (QED) is 0.852. The van der Waals surface area contributed by atoms with E-state index in [9.17, 15) is 9.18 Å². The van der Waals surface area contributed by atoms with Crippen LogP contribution in [-0.4, -0.2) is 18.0 Å². The second-order valence-electron chi connectivity index (χ2n) is 3.83. The maximum atomic E-state index is 13.5. The molecule has 0 saturated carbocycles. The Morgan fingerprint density at radius 3 is 2.85 bits per heavy atom. The highest BCUT2D eigenvalue weighted by Crippen LogP contribution is 2.25. The van der Waals surface area contributed by atoms with Gasteiger partial charge in [-0.3, -0.25) is 4.79 Å². The monoisotopic (exact) mass is 310 g/mol. The topological polar surface area (TPSA) is 64.3 Å². The van der Waals surface area contributed by atoms with Gasteiger partial charge in [-0.25, -0.2) is 4.39 Å². The lowest BCUT2D eigenvalue weighted by atomic mass is 10.2. The molecule has 4 nitrogen and oxygen atoms in total. The number of halogens is 1. The first-order valence-corrected chi connectivity index (χ1v) is 6.84. The lowest BCUT2D eigenvalue weighted by Crippen LogP contribution is -2.15. The Bertz CT molecular complexity index is 670. The van der Waals surface area contributed by atoms with Gasteiger partial charge in [-0.15, -0.1) is 11.3 Å². The number of nitrogens with two attached hydrogens (primary N) is 1. The van der Waals surface area contributed by atoms with E-state index in [0.29, 0.717) is 16.3 Å². The van der Waals surface area contributed by atoms with Gasteiger partial charge >= 0.3 is 0 Å². The van der Waals surface area contributed by atoms with Crippen molar-refractivity contribution in [3.05, 3.63) is 45.9 Å². The number of methoxy groups -OCH3 is 1. The van der Waals surface area contributed by atoms with E-state index < -0.39 is 5.82 Å². The summed E-state index contributed by atoms with van der Waals surface area (Å²) in [5.74, 6) is -0.370. The Kier molecular flexibility index (Phi) is 4.31. The summed E-state index contributed by atoms with van der Waals surface area (Å²) in [4.78, 5) is 12.5. The summed E-state index contributed by atoms with van der Waals surface area (Å²) < 4.78 is 18.5. The first-order valence-electron chi connectivity index (χ1n) is 5.55. The number of rotatable bonds is 4. The van der Waals surface area contributed by atoms with Crippen LogP contribution < -0.4 is 15.8 Å². The van der Waals surface area contributed by atoms with E-state index in [1.807, 2.05) is 0 Å². The van der Waals surface area contributed by atoms with Gasteiger partial charge in [0.1, 0.15) is 21.4 Å². The lowest BCUT2D eigenvalue weighted by Gasteiger charge is -2.08. The number of nitrogens with one attached hydrogen (secondary N) is 1. The van der Waals surface area contributed by atoms with Gasteiger partial charge in [0.2, 0.25) is 0 Å². The molecule has 20 heavy (non-hydrogen) atoms. The van der Waals surface area contributed by atoms with Crippen LogP contribution in [0.3, 0.4) is 0 Å². The number of carbonyl (C=O) groups excluding carboxylic acids is 1. The first kappa shape index (κ1) is 14.4. The van der Waals surface area contributed by atoms with Crippen molar-refractivity contribution in [3.63, 3.8) is 0 Å². The number of hydrogen-bond acceptors (Lipinski definition) is 4. The Hall–Kier alpha value is -1.99. The van der Waals surface area contributed by atoms with Crippen molar-refractivity contribution >= 4 is 40.1 Å². The molecule has 7 heteroatoms. The lowest BCUT2D eigenvalue weighted by molar-refractivity contribution is 0.102. The molecule has 0 atom stereocenters. The number of carbonyl (C=O) groups is 1. The minimum Gasteiger partial charge on any atom is -0.495 e. The molecule has 0 aliphatic carbocycles. The third kappa shape index (κ3) is 2.94. The highest BCUT2D eigenvalue weighted by Gasteiger charge is 2.15. The second kappa shape index (κ2) is 5.98. The number of benzene rings is 1. The molecule has 2 rings (SSSR count). The molecule has 3 N–H and O–H groups in total. The van der Waals surface area contributed by atoms with Crippen molar-refractivity contribution in [2.24, 2.45) is 5.73 Å². The Balaban J connectivity index is 2.24. The summed E-state index contributed by atoms with van der Waals surface area (Å²) >= 11 is 6.00. The summed E-state index contributed by atoms with van der Waals surface area (Å²) in [6.07, 6.45) is 0.